The van der Waals surface area contributed by atoms with Crippen LogP contribution in [0.2, 0.25) is 0 Å². The molecule has 0 spiro atoms. The molecule has 1 aliphatic carbocycles. The van der Waals surface area contributed by atoms with Crippen molar-refractivity contribution in [1.82, 2.24) is 8.97 Å². The molecule has 3 N–H and O–H groups in total. The van der Waals surface area contributed by atoms with E-state index in [4.69, 9.17) is 5.73 Å². The quantitative estimate of drug-likeness (QED) is 0.360. The summed E-state index contributed by atoms with van der Waals surface area (Å²) in [7, 11) is 0. The van der Waals surface area contributed by atoms with Crippen LogP contribution in [-0.4, -0.2) is 26.6 Å². The van der Waals surface area contributed by atoms with Gasteiger partial charge in [-0.05, 0) is 88.5 Å². The van der Waals surface area contributed by atoms with E-state index in [-0.39, 0.29) is 12.1 Å². The van der Waals surface area contributed by atoms with E-state index in [2.05, 4.69) is 0 Å². The molecule has 2 heterocycles. The topological polar surface area (TPSA) is 107 Å². The van der Waals surface area contributed by atoms with Crippen LogP contribution in [0.25, 0.3) is 33.5 Å². The summed E-state index contributed by atoms with van der Waals surface area (Å²) in [4.78, 5) is 38.8. The smallest absolute Gasteiger partial charge is 0.340 e. The fraction of sp³-hybridized carbons (Fsp3) is 0.129. The molecular formula is C31H24FN3O4. The molecule has 3 aromatic carbocycles. The molecule has 0 atom stereocenters. The number of hydrogen-bond donors (Lipinski definition) is 2. The number of fused-ring (bicyclic) bond motifs is 4. The van der Waals surface area contributed by atoms with Crippen LogP contribution in [0.3, 0.4) is 0 Å². The Morgan fingerprint density at radius 3 is 2.56 bits per heavy atom. The lowest BCUT2D eigenvalue weighted by molar-refractivity contribution is 0.0999. The molecule has 0 saturated carbocycles. The summed E-state index contributed by atoms with van der Waals surface area (Å²) in [5.74, 6) is -1.18. The number of hydrogen-bond acceptors (Lipinski definition) is 4. The normalized spacial score (nSPS) is 12.0. The predicted octanol–water partition coefficient (Wildman–Crippen LogP) is 3.77. The molecule has 1 amide bonds. The van der Waals surface area contributed by atoms with E-state index in [1.807, 2.05) is 37.3 Å². The largest absolute Gasteiger partial charge is 0.396 e. The second-order valence-electron chi connectivity index (χ2n) is 9.68. The molecule has 0 fully saturated rings. The van der Waals surface area contributed by atoms with Gasteiger partial charge in [0.2, 0.25) is 5.91 Å². The Balaban J connectivity index is 1.59. The molecule has 0 saturated heterocycles. The van der Waals surface area contributed by atoms with Crippen molar-refractivity contribution >= 4 is 11.4 Å². The van der Waals surface area contributed by atoms with Gasteiger partial charge >= 0.3 is 5.69 Å². The van der Waals surface area contributed by atoms with Crippen molar-refractivity contribution in [3.63, 3.8) is 0 Å². The van der Waals surface area contributed by atoms with E-state index in [0.717, 1.165) is 54.0 Å². The fourth-order valence-corrected chi connectivity index (χ4v) is 5.67. The Morgan fingerprint density at radius 1 is 1.00 bits per heavy atom. The fourth-order valence-electron chi connectivity index (χ4n) is 5.67. The molecule has 194 valence electrons. The minimum atomic E-state index is -0.673. The first kappa shape index (κ1) is 24.5. The number of nitrogens with two attached hydrogens (primary N) is 1. The van der Waals surface area contributed by atoms with Crippen LogP contribution in [0, 0.1) is 12.7 Å². The number of pyridine rings is 1. The van der Waals surface area contributed by atoms with Crippen molar-refractivity contribution < 1.29 is 14.3 Å². The van der Waals surface area contributed by atoms with Crippen LogP contribution in [0.5, 0.6) is 0 Å². The van der Waals surface area contributed by atoms with Gasteiger partial charge < -0.3 is 10.8 Å². The van der Waals surface area contributed by atoms with Crippen LogP contribution in [0.4, 0.5) is 4.39 Å². The van der Waals surface area contributed by atoms with E-state index in [0.29, 0.717) is 29.7 Å². The number of rotatable bonds is 5. The summed E-state index contributed by atoms with van der Waals surface area (Å²) >= 11 is 0. The Morgan fingerprint density at radius 2 is 1.79 bits per heavy atom. The summed E-state index contributed by atoms with van der Waals surface area (Å²) < 4.78 is 16.5. The number of benzene rings is 3. The van der Waals surface area contributed by atoms with Gasteiger partial charge in [-0.1, -0.05) is 36.4 Å². The third-order valence-electron chi connectivity index (χ3n) is 7.48. The standard InChI is InChI=1S/C31H24FN3O4/c1-17-20(4-2-6-26(17)35-28(37)16-27-25(32)5-3-12-34(27)31(35)39)22-9-10-23(30(33)38)24-15-19-14-18(11-13-36)7-8-21(19)29(22)24/h2-10,12,14,16,36H,11,13,15H2,1H3,(H2,33,38). The Kier molecular flexibility index (Phi) is 5.77. The van der Waals surface area contributed by atoms with Gasteiger partial charge in [0, 0.05) is 24.4 Å². The van der Waals surface area contributed by atoms with Crippen molar-refractivity contribution in [3.8, 4) is 27.9 Å². The zero-order valence-corrected chi connectivity index (χ0v) is 21.1. The maximum absolute atomic E-state index is 14.3. The summed E-state index contributed by atoms with van der Waals surface area (Å²) in [5, 5.41) is 9.39. The van der Waals surface area contributed by atoms with E-state index in [1.54, 1.807) is 18.2 Å². The van der Waals surface area contributed by atoms with Crippen molar-refractivity contribution in [2.45, 2.75) is 19.8 Å². The molecule has 6 rings (SSSR count). The minimum Gasteiger partial charge on any atom is -0.396 e. The van der Waals surface area contributed by atoms with Crippen molar-refractivity contribution in [1.29, 1.82) is 0 Å². The second kappa shape index (κ2) is 9.18. The molecule has 5 aromatic rings. The third kappa shape index (κ3) is 3.80. The van der Waals surface area contributed by atoms with Crippen LogP contribution in [-0.2, 0) is 12.8 Å². The Bertz CT molecular complexity index is 1960. The van der Waals surface area contributed by atoms with Gasteiger partial charge in [-0.25, -0.2) is 13.8 Å². The van der Waals surface area contributed by atoms with Gasteiger partial charge in [0.25, 0.3) is 5.56 Å². The highest BCUT2D eigenvalue weighted by atomic mass is 19.1. The number of aromatic nitrogens is 2. The van der Waals surface area contributed by atoms with E-state index in [1.165, 1.54) is 18.3 Å². The highest BCUT2D eigenvalue weighted by molar-refractivity contribution is 6.02. The Labute approximate surface area is 222 Å². The van der Waals surface area contributed by atoms with E-state index >= 15 is 0 Å². The Hall–Kier alpha value is -4.82. The van der Waals surface area contributed by atoms with Crippen LogP contribution in [0.15, 0.2) is 82.5 Å². The maximum Gasteiger partial charge on any atom is 0.340 e. The molecule has 0 unspecified atom stereocenters. The molecule has 39 heavy (non-hydrogen) atoms. The number of aliphatic hydroxyl groups excluding tert-OH is 1. The summed E-state index contributed by atoms with van der Waals surface area (Å²) in [6.45, 7) is 1.86. The second-order valence-corrected chi connectivity index (χ2v) is 9.68. The predicted molar refractivity (Wildman–Crippen MR) is 147 cm³/mol. The highest BCUT2D eigenvalue weighted by Crippen LogP contribution is 2.45. The zero-order chi connectivity index (χ0) is 27.4. The van der Waals surface area contributed by atoms with Gasteiger partial charge in [0.1, 0.15) is 5.82 Å². The third-order valence-corrected chi connectivity index (χ3v) is 7.48. The number of halogens is 1. The van der Waals surface area contributed by atoms with Crippen molar-refractivity contribution in [3.05, 3.63) is 127 Å². The number of nitrogens with zero attached hydrogens (tertiary/aromatic N) is 2. The zero-order valence-electron chi connectivity index (χ0n) is 21.1. The minimum absolute atomic E-state index is 0.0380. The first-order valence-corrected chi connectivity index (χ1v) is 12.5. The average Bonchev–Trinajstić information content (AvgIpc) is 3.29. The SMILES string of the molecule is Cc1c(-c2ccc(C(N)=O)c3c2-c2ccc(CCO)cc2C3)cccc1-n1c(=O)cc2c(F)cccn2c1=O. The summed E-state index contributed by atoms with van der Waals surface area (Å²) in [6.07, 6.45) is 2.47. The molecule has 7 nitrogen and oxygen atoms in total. The first-order chi connectivity index (χ1) is 18.8. The first-order valence-electron chi connectivity index (χ1n) is 12.5. The molecule has 0 aliphatic heterocycles. The molecular weight excluding hydrogens is 497 g/mol. The highest BCUT2D eigenvalue weighted by Gasteiger charge is 2.27. The lowest BCUT2D eigenvalue weighted by Gasteiger charge is -2.17. The maximum atomic E-state index is 14.3. The number of amides is 1. The molecule has 8 heteroatoms. The number of aliphatic hydroxyl groups is 1. The molecule has 0 radical (unpaired) electrons. The summed E-state index contributed by atoms with van der Waals surface area (Å²) in [5.41, 5.74) is 12.1. The van der Waals surface area contributed by atoms with Gasteiger partial charge in [0.15, 0.2) is 0 Å². The van der Waals surface area contributed by atoms with Crippen LogP contribution >= 0.6 is 0 Å². The van der Waals surface area contributed by atoms with E-state index < -0.39 is 23.0 Å². The lowest BCUT2D eigenvalue weighted by atomic mass is 9.89. The van der Waals surface area contributed by atoms with Gasteiger partial charge in [0.05, 0.1) is 11.2 Å². The van der Waals surface area contributed by atoms with Gasteiger partial charge in [-0.15, -0.1) is 0 Å². The van der Waals surface area contributed by atoms with Crippen molar-refractivity contribution in [2.75, 3.05) is 6.61 Å². The van der Waals surface area contributed by atoms with Crippen LogP contribution < -0.4 is 17.0 Å². The van der Waals surface area contributed by atoms with Gasteiger partial charge in [-0.2, -0.15) is 0 Å². The lowest BCUT2D eigenvalue weighted by Crippen LogP contribution is -2.36. The number of carbonyl (C=O) groups is 1. The monoisotopic (exact) mass is 521 g/mol. The average molecular weight is 522 g/mol. The number of primary amides is 1. The molecule has 1 aliphatic rings. The molecule has 2 aromatic heterocycles. The van der Waals surface area contributed by atoms with Gasteiger partial charge in [-0.3, -0.25) is 14.0 Å². The summed E-state index contributed by atoms with van der Waals surface area (Å²) in [6, 6.07) is 18.6. The van der Waals surface area contributed by atoms with Crippen molar-refractivity contribution in [2.24, 2.45) is 5.73 Å². The van der Waals surface area contributed by atoms with E-state index in [9.17, 15) is 23.9 Å². The molecule has 0 bridgehead atoms. The number of carbonyl (C=O) groups excluding carboxylic acids is 1. The van der Waals surface area contributed by atoms with Crippen LogP contribution in [0.1, 0.15) is 32.6 Å².